The predicted molar refractivity (Wildman–Crippen MR) is 73.8 cm³/mol. The third-order valence-electron chi connectivity index (χ3n) is 3.71. The molecule has 1 aliphatic heterocycles. The average molecular weight is 263 g/mol. The van der Waals surface area contributed by atoms with Gasteiger partial charge in [0.2, 0.25) is 5.88 Å². The van der Waals surface area contributed by atoms with Crippen molar-refractivity contribution in [3.63, 3.8) is 0 Å². The Labute approximate surface area is 113 Å². The summed E-state index contributed by atoms with van der Waals surface area (Å²) in [5.74, 6) is 0.665. The van der Waals surface area contributed by atoms with Crippen molar-refractivity contribution < 1.29 is 9.47 Å². The van der Waals surface area contributed by atoms with E-state index in [4.69, 9.17) is 9.47 Å². The Bertz CT molecular complexity index is 423. The van der Waals surface area contributed by atoms with Crippen LogP contribution in [0.5, 0.6) is 5.88 Å². The molecular formula is C14H21N3O2. The van der Waals surface area contributed by atoms with Crippen LogP contribution in [0.2, 0.25) is 0 Å². The summed E-state index contributed by atoms with van der Waals surface area (Å²) in [5.41, 5.74) is 1.16. The van der Waals surface area contributed by atoms with E-state index >= 15 is 0 Å². The van der Waals surface area contributed by atoms with Crippen molar-refractivity contribution in [2.75, 3.05) is 38.3 Å². The van der Waals surface area contributed by atoms with Gasteiger partial charge in [0.15, 0.2) is 0 Å². The molecule has 2 heterocycles. The van der Waals surface area contributed by atoms with Crippen molar-refractivity contribution in [2.45, 2.75) is 24.9 Å². The van der Waals surface area contributed by atoms with Gasteiger partial charge in [-0.1, -0.05) is 0 Å². The van der Waals surface area contributed by atoms with E-state index in [1.807, 2.05) is 12.1 Å². The van der Waals surface area contributed by atoms with E-state index in [1.54, 1.807) is 13.3 Å². The minimum absolute atomic E-state index is 0.390. The molecule has 0 spiro atoms. The van der Waals surface area contributed by atoms with E-state index in [0.717, 1.165) is 38.0 Å². The van der Waals surface area contributed by atoms with Gasteiger partial charge in [-0.25, -0.2) is 4.98 Å². The Kier molecular flexibility index (Phi) is 3.84. The molecule has 2 aliphatic rings. The maximum Gasteiger partial charge on any atom is 0.214 e. The molecule has 5 nitrogen and oxygen atoms in total. The summed E-state index contributed by atoms with van der Waals surface area (Å²) in [5, 5.41) is 3.59. The van der Waals surface area contributed by atoms with Gasteiger partial charge in [0.1, 0.15) is 0 Å². The molecule has 0 bridgehead atoms. The van der Waals surface area contributed by atoms with Crippen LogP contribution in [0, 0.1) is 0 Å². The van der Waals surface area contributed by atoms with E-state index in [9.17, 15) is 0 Å². The zero-order chi connectivity index (χ0) is 13.1. The lowest BCUT2D eigenvalue weighted by Gasteiger charge is -2.37. The Morgan fingerprint density at radius 3 is 3.21 bits per heavy atom. The first-order valence-corrected chi connectivity index (χ1v) is 6.94. The van der Waals surface area contributed by atoms with Crippen molar-refractivity contribution in [3.8, 4) is 5.88 Å². The molecule has 1 N–H and O–H groups in total. The molecule has 0 aromatic carbocycles. The summed E-state index contributed by atoms with van der Waals surface area (Å²) in [7, 11) is 1.65. The fraction of sp³-hybridized carbons (Fsp3) is 0.643. The summed E-state index contributed by atoms with van der Waals surface area (Å²) in [4.78, 5) is 6.56. The molecule has 1 atom stereocenters. The smallest absolute Gasteiger partial charge is 0.214 e. The van der Waals surface area contributed by atoms with Crippen molar-refractivity contribution in [1.29, 1.82) is 0 Å². The second-order valence-electron chi connectivity index (χ2n) is 5.16. The number of morpholine rings is 1. The second kappa shape index (κ2) is 5.75. The Morgan fingerprint density at radius 1 is 1.53 bits per heavy atom. The van der Waals surface area contributed by atoms with E-state index < -0.39 is 0 Å². The van der Waals surface area contributed by atoms with Crippen LogP contribution in [0.4, 0.5) is 5.69 Å². The topological polar surface area (TPSA) is 46.6 Å². The van der Waals surface area contributed by atoms with Gasteiger partial charge in [-0.15, -0.1) is 0 Å². The highest BCUT2D eigenvalue weighted by atomic mass is 16.5. The van der Waals surface area contributed by atoms with E-state index in [2.05, 4.69) is 15.2 Å². The van der Waals surface area contributed by atoms with Crippen LogP contribution in [0.25, 0.3) is 0 Å². The van der Waals surface area contributed by atoms with Crippen molar-refractivity contribution >= 4 is 5.69 Å². The van der Waals surface area contributed by atoms with Gasteiger partial charge in [0.25, 0.3) is 0 Å². The summed E-state index contributed by atoms with van der Waals surface area (Å²) < 4.78 is 10.8. The lowest BCUT2D eigenvalue weighted by Crippen LogP contribution is -2.51. The molecule has 104 valence electrons. The highest BCUT2D eigenvalue weighted by Gasteiger charge is 2.27. The van der Waals surface area contributed by atoms with Crippen LogP contribution in [-0.2, 0) is 4.74 Å². The van der Waals surface area contributed by atoms with Crippen LogP contribution < -0.4 is 15.0 Å². The number of hydrogen-bond donors (Lipinski definition) is 1. The molecule has 19 heavy (non-hydrogen) atoms. The second-order valence-corrected chi connectivity index (χ2v) is 5.16. The maximum absolute atomic E-state index is 5.61. The normalized spacial score (nSPS) is 23.4. The lowest BCUT2D eigenvalue weighted by atomic mass is 10.2. The average Bonchev–Trinajstić information content (AvgIpc) is 3.30. The number of ether oxygens (including phenoxy) is 2. The number of rotatable bonds is 5. The lowest BCUT2D eigenvalue weighted by molar-refractivity contribution is 0.0936. The first-order valence-electron chi connectivity index (χ1n) is 6.94. The molecule has 1 saturated heterocycles. The van der Waals surface area contributed by atoms with Crippen LogP contribution in [-0.4, -0.2) is 50.5 Å². The standard InChI is InChI=1S/C14H21N3O2/c1-18-14-8-12(4-5-15-14)17-6-7-19-10-13(17)9-16-11-2-3-11/h4-5,8,11,13,16H,2-3,6-7,9-10H2,1H3. The summed E-state index contributed by atoms with van der Waals surface area (Å²) in [6.07, 6.45) is 4.43. The van der Waals surface area contributed by atoms with E-state index in [1.165, 1.54) is 12.8 Å². The van der Waals surface area contributed by atoms with Crippen LogP contribution in [0.15, 0.2) is 18.3 Å². The van der Waals surface area contributed by atoms with Crippen LogP contribution in [0.3, 0.4) is 0 Å². The molecule has 1 aromatic heterocycles. The first-order chi connectivity index (χ1) is 9.36. The highest BCUT2D eigenvalue weighted by Crippen LogP contribution is 2.24. The van der Waals surface area contributed by atoms with E-state index in [-0.39, 0.29) is 0 Å². The van der Waals surface area contributed by atoms with Gasteiger partial charge in [0.05, 0.1) is 26.4 Å². The Hall–Kier alpha value is -1.33. The van der Waals surface area contributed by atoms with Gasteiger partial charge in [-0.2, -0.15) is 0 Å². The Balaban J connectivity index is 1.70. The van der Waals surface area contributed by atoms with Gasteiger partial charge in [-0.05, 0) is 18.9 Å². The monoisotopic (exact) mass is 263 g/mol. The summed E-state index contributed by atoms with van der Waals surface area (Å²) >= 11 is 0. The van der Waals surface area contributed by atoms with Crippen molar-refractivity contribution in [2.24, 2.45) is 0 Å². The molecule has 1 aliphatic carbocycles. The van der Waals surface area contributed by atoms with E-state index in [0.29, 0.717) is 11.9 Å². The van der Waals surface area contributed by atoms with Crippen LogP contribution >= 0.6 is 0 Å². The van der Waals surface area contributed by atoms with Crippen molar-refractivity contribution in [1.82, 2.24) is 10.3 Å². The summed E-state index contributed by atoms with van der Waals surface area (Å²) in [6, 6.07) is 5.16. The Morgan fingerprint density at radius 2 is 2.42 bits per heavy atom. The number of nitrogens with one attached hydrogen (secondary N) is 1. The minimum atomic E-state index is 0.390. The van der Waals surface area contributed by atoms with Gasteiger partial charge >= 0.3 is 0 Å². The number of nitrogens with zero attached hydrogens (tertiary/aromatic N) is 2. The van der Waals surface area contributed by atoms with Gasteiger partial charge < -0.3 is 19.7 Å². The third kappa shape index (κ3) is 3.16. The highest BCUT2D eigenvalue weighted by molar-refractivity contribution is 5.49. The maximum atomic E-state index is 5.61. The molecule has 3 rings (SSSR count). The molecule has 1 aromatic rings. The quantitative estimate of drug-likeness (QED) is 0.860. The predicted octanol–water partition coefficient (Wildman–Crippen LogP) is 1.05. The molecule has 0 radical (unpaired) electrons. The number of aromatic nitrogens is 1. The molecule has 0 amide bonds. The largest absolute Gasteiger partial charge is 0.481 e. The number of methoxy groups -OCH3 is 1. The first kappa shape index (κ1) is 12.7. The minimum Gasteiger partial charge on any atom is -0.481 e. The van der Waals surface area contributed by atoms with Crippen LogP contribution in [0.1, 0.15) is 12.8 Å². The molecule has 2 fully saturated rings. The molecular weight excluding hydrogens is 242 g/mol. The molecule has 5 heteroatoms. The zero-order valence-electron chi connectivity index (χ0n) is 11.3. The number of pyridine rings is 1. The van der Waals surface area contributed by atoms with Crippen molar-refractivity contribution in [3.05, 3.63) is 18.3 Å². The summed E-state index contributed by atoms with van der Waals surface area (Å²) in [6.45, 7) is 3.47. The number of anilines is 1. The molecule has 1 unspecified atom stereocenters. The number of hydrogen-bond acceptors (Lipinski definition) is 5. The molecule has 1 saturated carbocycles. The van der Waals surface area contributed by atoms with Gasteiger partial charge in [-0.3, -0.25) is 0 Å². The fourth-order valence-corrected chi connectivity index (χ4v) is 2.44. The fourth-order valence-electron chi connectivity index (χ4n) is 2.44. The third-order valence-corrected chi connectivity index (χ3v) is 3.71. The SMILES string of the molecule is COc1cc(N2CCOCC2CNC2CC2)ccn1. The zero-order valence-corrected chi connectivity index (χ0v) is 11.3. The van der Waals surface area contributed by atoms with Gasteiger partial charge in [0, 0.05) is 37.1 Å².